The second kappa shape index (κ2) is 7.34. The van der Waals surface area contributed by atoms with Crippen LogP contribution in [0.2, 0.25) is 0 Å². The Morgan fingerprint density at radius 2 is 1.20 bits per heavy atom. The van der Waals surface area contributed by atoms with Crippen LogP contribution in [0.1, 0.15) is 12.8 Å². The van der Waals surface area contributed by atoms with E-state index in [1.54, 1.807) is 0 Å². The quantitative estimate of drug-likeness (QED) is 0.356. The molecule has 0 aromatic rings. The Morgan fingerprint density at radius 1 is 0.933 bits per heavy atom. The molecule has 0 bridgehead atoms. The topological polar surface area (TPSA) is 132 Å². The number of aliphatic carboxylic acids is 3. The van der Waals surface area contributed by atoms with Gasteiger partial charge in [-0.15, -0.1) is 0 Å². The van der Waals surface area contributed by atoms with Gasteiger partial charge in [0.25, 0.3) is 0 Å². The van der Waals surface area contributed by atoms with Crippen LogP contribution in [0.15, 0.2) is 0 Å². The average Bonchev–Trinajstić information content (AvgIpc) is 1.82. The molecule has 0 saturated carbocycles. The van der Waals surface area contributed by atoms with Crippen molar-refractivity contribution in [2.75, 3.05) is 0 Å². The number of aliphatic hydroxyl groups is 1. The van der Waals surface area contributed by atoms with Gasteiger partial charge in [0.15, 0.2) is 5.60 Å². The summed E-state index contributed by atoms with van der Waals surface area (Å²) < 4.78 is 0. The van der Waals surface area contributed by atoms with Crippen LogP contribution < -0.4 is 0 Å². The summed E-state index contributed by atoms with van der Waals surface area (Å²) in [6.45, 7) is 0. The molecule has 0 fully saturated rings. The van der Waals surface area contributed by atoms with Crippen molar-refractivity contribution in [2.45, 2.75) is 18.4 Å². The van der Waals surface area contributed by atoms with Crippen LogP contribution in [-0.2, 0) is 14.4 Å². The Balaban J connectivity index is -0.000000720. The zero-order chi connectivity index (χ0) is 10.6. The monoisotopic (exact) mass is 214 g/mol. The van der Waals surface area contributed by atoms with E-state index in [9.17, 15) is 14.4 Å². The van der Waals surface area contributed by atoms with Crippen molar-refractivity contribution in [3.63, 3.8) is 0 Å². The standard InChI is InChI=1S/C6H8O7.BH3.Li.H/c7-3(8)1-6(13,5(11)12)2-4(9)10;;;/h13H,1-2H2,(H,7,8)(H,9,10)(H,11,12);1H3;;. The first-order valence-corrected chi connectivity index (χ1v) is 3.17. The first kappa shape index (κ1) is 19.6. The van der Waals surface area contributed by atoms with E-state index in [0.717, 1.165) is 0 Å². The Kier molecular flexibility index (Phi) is 9.58. The van der Waals surface area contributed by atoms with Crippen molar-refractivity contribution in [1.82, 2.24) is 0 Å². The summed E-state index contributed by atoms with van der Waals surface area (Å²) in [5.74, 6) is -5.02. The fraction of sp³-hybridized carbons (Fsp3) is 0.500. The van der Waals surface area contributed by atoms with Gasteiger partial charge in [-0.05, 0) is 0 Å². The van der Waals surface area contributed by atoms with Crippen LogP contribution in [0, 0.1) is 0 Å². The maximum absolute atomic E-state index is 10.3. The molecule has 7 nitrogen and oxygen atoms in total. The summed E-state index contributed by atoms with van der Waals surface area (Å²) >= 11 is 0. The predicted molar refractivity (Wildman–Crippen MR) is 54.2 cm³/mol. The molecule has 0 aromatic heterocycles. The fourth-order valence-corrected chi connectivity index (χ4v) is 0.714. The van der Waals surface area contributed by atoms with E-state index >= 15 is 0 Å². The van der Waals surface area contributed by atoms with Gasteiger partial charge in [-0.25, -0.2) is 4.79 Å². The van der Waals surface area contributed by atoms with Crippen molar-refractivity contribution in [3.8, 4) is 0 Å². The van der Waals surface area contributed by atoms with Crippen LogP contribution in [-0.4, -0.2) is 71.2 Å². The van der Waals surface area contributed by atoms with Crippen molar-refractivity contribution in [3.05, 3.63) is 0 Å². The molecule has 15 heavy (non-hydrogen) atoms. The fourth-order valence-electron chi connectivity index (χ4n) is 0.714. The van der Waals surface area contributed by atoms with Gasteiger partial charge in [-0.2, -0.15) is 0 Å². The molecule has 0 aliphatic rings. The summed E-state index contributed by atoms with van der Waals surface area (Å²) in [5.41, 5.74) is -2.74. The average molecular weight is 214 g/mol. The third kappa shape index (κ3) is 7.02. The van der Waals surface area contributed by atoms with E-state index in [1.165, 1.54) is 0 Å². The number of carboxylic acid groups (broad SMARTS) is 3. The van der Waals surface area contributed by atoms with Gasteiger partial charge in [-0.1, -0.05) is 0 Å². The molecule has 9 heteroatoms. The molecule has 0 amide bonds. The number of carboxylic acids is 3. The molecule has 0 atom stereocenters. The number of rotatable bonds is 5. The molecule has 0 heterocycles. The first-order chi connectivity index (χ1) is 5.78. The van der Waals surface area contributed by atoms with E-state index in [0.29, 0.717) is 0 Å². The minimum absolute atomic E-state index is 0. The molecular weight excluding hydrogens is 202 g/mol. The Hall–Kier alpha value is -0.968. The first-order valence-electron chi connectivity index (χ1n) is 3.17. The third-order valence-electron chi connectivity index (χ3n) is 1.29. The second-order valence-electron chi connectivity index (χ2n) is 2.48. The van der Waals surface area contributed by atoms with Crippen molar-refractivity contribution >= 4 is 45.2 Å². The Bertz CT molecular complexity index is 238. The van der Waals surface area contributed by atoms with Gasteiger partial charge in [0.1, 0.15) is 0 Å². The summed E-state index contributed by atoms with van der Waals surface area (Å²) in [5, 5.41) is 33.8. The molecule has 4 N–H and O–H groups in total. The van der Waals surface area contributed by atoms with Gasteiger partial charge in [-0.3, -0.25) is 9.59 Å². The molecule has 82 valence electrons. The molecule has 0 aliphatic carbocycles. The van der Waals surface area contributed by atoms with Gasteiger partial charge in [0.05, 0.1) is 21.3 Å². The van der Waals surface area contributed by atoms with E-state index in [-0.39, 0.29) is 27.3 Å². The molecule has 0 radical (unpaired) electrons. The molecule has 0 saturated heterocycles. The SMILES string of the molecule is B.O=C(O)CC(O)(CC(=O)O)C(=O)O.[LiH]. The Morgan fingerprint density at radius 3 is 1.33 bits per heavy atom. The van der Waals surface area contributed by atoms with E-state index < -0.39 is 36.4 Å². The molecule has 0 aliphatic heterocycles. The van der Waals surface area contributed by atoms with Crippen molar-refractivity contribution < 1.29 is 34.8 Å². The second-order valence-corrected chi connectivity index (χ2v) is 2.48. The van der Waals surface area contributed by atoms with Gasteiger partial charge in [0.2, 0.25) is 0 Å². The summed E-state index contributed by atoms with van der Waals surface area (Å²) in [6, 6.07) is 0. The number of hydrogen-bond acceptors (Lipinski definition) is 4. The zero-order valence-corrected chi connectivity index (χ0v) is 6.43. The minimum atomic E-state index is -2.74. The normalized spacial score (nSPS) is 9.40. The Labute approximate surface area is 98.8 Å². The van der Waals surface area contributed by atoms with Gasteiger partial charge >= 0.3 is 36.8 Å². The molecule has 0 unspecified atom stereocenters. The predicted octanol–water partition coefficient (Wildman–Crippen LogP) is -3.08. The molecule has 0 spiro atoms. The van der Waals surface area contributed by atoms with Crippen LogP contribution >= 0.6 is 0 Å². The van der Waals surface area contributed by atoms with Gasteiger partial charge < -0.3 is 20.4 Å². The molecular formula is C6H12BLiO7. The van der Waals surface area contributed by atoms with E-state index in [4.69, 9.17) is 20.4 Å². The maximum atomic E-state index is 10.3. The van der Waals surface area contributed by atoms with E-state index in [1.807, 2.05) is 0 Å². The van der Waals surface area contributed by atoms with Gasteiger partial charge in [0, 0.05) is 0 Å². The van der Waals surface area contributed by atoms with Crippen LogP contribution in [0.25, 0.3) is 0 Å². The zero-order valence-electron chi connectivity index (χ0n) is 6.43. The van der Waals surface area contributed by atoms with Crippen LogP contribution in [0.4, 0.5) is 0 Å². The van der Waals surface area contributed by atoms with Crippen LogP contribution in [0.3, 0.4) is 0 Å². The molecule has 0 rings (SSSR count). The number of carbonyl (C=O) groups is 3. The number of hydrogen-bond donors (Lipinski definition) is 4. The summed E-state index contributed by atoms with van der Waals surface area (Å²) in [4.78, 5) is 30.5. The molecule has 0 aromatic carbocycles. The summed E-state index contributed by atoms with van der Waals surface area (Å²) in [6.07, 6.45) is -2.29. The third-order valence-corrected chi connectivity index (χ3v) is 1.29. The van der Waals surface area contributed by atoms with E-state index in [2.05, 4.69) is 0 Å². The van der Waals surface area contributed by atoms with Crippen molar-refractivity contribution in [1.29, 1.82) is 0 Å². The van der Waals surface area contributed by atoms with Crippen molar-refractivity contribution in [2.24, 2.45) is 0 Å². The summed E-state index contributed by atoms with van der Waals surface area (Å²) in [7, 11) is 0. The van der Waals surface area contributed by atoms with Crippen LogP contribution in [0.5, 0.6) is 0 Å².